The van der Waals surface area contributed by atoms with Crippen LogP contribution in [0.1, 0.15) is 5.76 Å². The molecule has 0 atom stereocenters. The van der Waals surface area contributed by atoms with Crippen LogP contribution in [0.15, 0.2) is 21.3 Å². The van der Waals surface area contributed by atoms with Gasteiger partial charge < -0.3 is 4.42 Å². The molecule has 0 saturated heterocycles. The third-order valence-corrected chi connectivity index (χ3v) is 1.19. The molecule has 1 heterocycles. The molecule has 9 heavy (non-hydrogen) atoms. The minimum Gasteiger partial charge on any atom is -0.427 e. The predicted octanol–water partition coefficient (Wildman–Crippen LogP) is 1.60. The molecule has 0 amide bonds. The van der Waals surface area contributed by atoms with E-state index in [2.05, 4.69) is 4.42 Å². The zero-order valence-corrected chi connectivity index (χ0v) is 5.61. The standard InChI is InChI=1S/C6H5ClO2/c1-4-2-3-5(7)6(8)9-4/h2-3H,1H3. The highest BCUT2D eigenvalue weighted by molar-refractivity contribution is 6.30. The maximum Gasteiger partial charge on any atom is 0.354 e. The van der Waals surface area contributed by atoms with Crippen LogP contribution in [0.25, 0.3) is 0 Å². The highest BCUT2D eigenvalue weighted by Crippen LogP contribution is 2.01. The van der Waals surface area contributed by atoms with E-state index in [0.29, 0.717) is 5.76 Å². The summed E-state index contributed by atoms with van der Waals surface area (Å²) < 4.78 is 4.62. The molecular formula is C6H5ClO2. The van der Waals surface area contributed by atoms with Gasteiger partial charge in [0.2, 0.25) is 0 Å². The summed E-state index contributed by atoms with van der Waals surface area (Å²) >= 11 is 5.37. The lowest BCUT2D eigenvalue weighted by molar-refractivity contribution is 0.480. The molecule has 1 aromatic heterocycles. The summed E-state index contributed by atoms with van der Waals surface area (Å²) in [7, 11) is 0. The zero-order chi connectivity index (χ0) is 6.85. The third kappa shape index (κ3) is 1.33. The number of aryl methyl sites for hydroxylation is 1. The molecule has 0 N–H and O–H groups in total. The van der Waals surface area contributed by atoms with Crippen molar-refractivity contribution in [1.29, 1.82) is 0 Å². The maximum absolute atomic E-state index is 10.5. The fraction of sp³-hybridized carbons (Fsp3) is 0.167. The van der Waals surface area contributed by atoms with E-state index < -0.39 is 5.63 Å². The lowest BCUT2D eigenvalue weighted by Crippen LogP contribution is -1.98. The lowest BCUT2D eigenvalue weighted by Gasteiger charge is -1.87. The first kappa shape index (κ1) is 6.36. The Hall–Kier alpha value is -0.760. The van der Waals surface area contributed by atoms with E-state index in [1.165, 1.54) is 6.07 Å². The lowest BCUT2D eigenvalue weighted by atomic mass is 10.4. The molecule has 0 fully saturated rings. The van der Waals surface area contributed by atoms with Crippen molar-refractivity contribution in [3.63, 3.8) is 0 Å². The van der Waals surface area contributed by atoms with Crippen LogP contribution in [0.5, 0.6) is 0 Å². The van der Waals surface area contributed by atoms with Gasteiger partial charge in [-0.25, -0.2) is 4.79 Å². The van der Waals surface area contributed by atoms with Crippen molar-refractivity contribution in [3.8, 4) is 0 Å². The first-order chi connectivity index (χ1) is 4.20. The van der Waals surface area contributed by atoms with E-state index in [4.69, 9.17) is 11.6 Å². The molecule has 0 bridgehead atoms. The molecule has 0 saturated carbocycles. The minimum absolute atomic E-state index is 0.126. The first-order valence-electron chi connectivity index (χ1n) is 2.46. The van der Waals surface area contributed by atoms with Gasteiger partial charge >= 0.3 is 5.63 Å². The molecule has 0 radical (unpaired) electrons. The number of halogens is 1. The van der Waals surface area contributed by atoms with Gasteiger partial charge in [-0.3, -0.25) is 0 Å². The molecule has 3 heteroatoms. The van der Waals surface area contributed by atoms with Crippen LogP contribution in [0.4, 0.5) is 0 Å². The number of rotatable bonds is 0. The molecule has 1 aromatic rings. The van der Waals surface area contributed by atoms with Gasteiger partial charge in [0.15, 0.2) is 0 Å². The minimum atomic E-state index is -0.475. The molecule has 0 spiro atoms. The Balaban J connectivity index is 3.34. The predicted molar refractivity (Wildman–Crippen MR) is 34.7 cm³/mol. The van der Waals surface area contributed by atoms with Gasteiger partial charge in [0.25, 0.3) is 0 Å². The average molecular weight is 145 g/mol. The Morgan fingerprint density at radius 2 is 2.22 bits per heavy atom. The molecule has 2 nitrogen and oxygen atoms in total. The second-order valence-electron chi connectivity index (χ2n) is 1.68. The monoisotopic (exact) mass is 144 g/mol. The van der Waals surface area contributed by atoms with Crippen LogP contribution in [0, 0.1) is 6.92 Å². The summed E-state index contributed by atoms with van der Waals surface area (Å²) in [5, 5.41) is 0.126. The van der Waals surface area contributed by atoms with Gasteiger partial charge in [-0.15, -0.1) is 0 Å². The summed E-state index contributed by atoms with van der Waals surface area (Å²) in [4.78, 5) is 10.5. The van der Waals surface area contributed by atoms with Crippen molar-refractivity contribution in [2.45, 2.75) is 6.92 Å². The van der Waals surface area contributed by atoms with E-state index >= 15 is 0 Å². The van der Waals surface area contributed by atoms with Crippen LogP contribution in [0.3, 0.4) is 0 Å². The molecule has 0 aliphatic heterocycles. The Morgan fingerprint density at radius 1 is 1.56 bits per heavy atom. The van der Waals surface area contributed by atoms with Gasteiger partial charge in [0.05, 0.1) is 0 Å². The highest BCUT2D eigenvalue weighted by atomic mass is 35.5. The third-order valence-electron chi connectivity index (χ3n) is 0.913. The molecule has 0 aromatic carbocycles. The smallest absolute Gasteiger partial charge is 0.354 e. The Morgan fingerprint density at radius 3 is 2.67 bits per heavy atom. The van der Waals surface area contributed by atoms with Crippen molar-refractivity contribution in [2.24, 2.45) is 0 Å². The van der Waals surface area contributed by atoms with Crippen LogP contribution >= 0.6 is 11.6 Å². The fourth-order valence-corrected chi connectivity index (χ4v) is 0.589. The SMILES string of the molecule is Cc1ccc(Cl)c(=O)o1. The topological polar surface area (TPSA) is 30.2 Å². The average Bonchev–Trinajstić information content (AvgIpc) is 1.80. The summed E-state index contributed by atoms with van der Waals surface area (Å²) in [5.74, 6) is 0.574. The largest absolute Gasteiger partial charge is 0.427 e. The number of hydrogen-bond acceptors (Lipinski definition) is 2. The van der Waals surface area contributed by atoms with Crippen LogP contribution < -0.4 is 5.63 Å². The van der Waals surface area contributed by atoms with Crippen molar-refractivity contribution >= 4 is 11.6 Å². The van der Waals surface area contributed by atoms with E-state index in [1.807, 2.05) is 0 Å². The van der Waals surface area contributed by atoms with E-state index in [1.54, 1.807) is 13.0 Å². The van der Waals surface area contributed by atoms with Crippen molar-refractivity contribution in [1.82, 2.24) is 0 Å². The van der Waals surface area contributed by atoms with E-state index in [-0.39, 0.29) is 5.02 Å². The first-order valence-corrected chi connectivity index (χ1v) is 2.84. The van der Waals surface area contributed by atoms with Crippen molar-refractivity contribution in [2.75, 3.05) is 0 Å². The molecule has 48 valence electrons. The quantitative estimate of drug-likeness (QED) is 0.554. The maximum atomic E-state index is 10.5. The highest BCUT2D eigenvalue weighted by Gasteiger charge is 1.94. The van der Waals surface area contributed by atoms with Crippen molar-refractivity contribution < 1.29 is 4.42 Å². The second kappa shape index (κ2) is 2.23. The normalized spacial score (nSPS) is 9.56. The summed E-state index contributed by atoms with van der Waals surface area (Å²) in [6.07, 6.45) is 0. The second-order valence-corrected chi connectivity index (χ2v) is 2.09. The van der Waals surface area contributed by atoms with Gasteiger partial charge in [-0.05, 0) is 19.1 Å². The molecule has 0 aliphatic rings. The summed E-state index contributed by atoms with van der Waals surface area (Å²) in [6.45, 7) is 1.69. The Bertz CT molecular complexity index is 264. The zero-order valence-electron chi connectivity index (χ0n) is 4.85. The number of hydrogen-bond donors (Lipinski definition) is 0. The van der Waals surface area contributed by atoms with E-state index in [0.717, 1.165) is 0 Å². The molecule has 0 aliphatic carbocycles. The van der Waals surface area contributed by atoms with Gasteiger partial charge in [-0.1, -0.05) is 11.6 Å². The molecule has 0 unspecified atom stereocenters. The Labute approximate surface area is 57.1 Å². The van der Waals surface area contributed by atoms with Crippen molar-refractivity contribution in [3.05, 3.63) is 33.3 Å². The molecular weight excluding hydrogens is 140 g/mol. The van der Waals surface area contributed by atoms with Gasteiger partial charge in [0, 0.05) is 0 Å². The fourth-order valence-electron chi connectivity index (χ4n) is 0.488. The van der Waals surface area contributed by atoms with Gasteiger partial charge in [-0.2, -0.15) is 0 Å². The van der Waals surface area contributed by atoms with Crippen LogP contribution in [-0.2, 0) is 0 Å². The summed E-state index contributed by atoms with van der Waals surface area (Å²) in [6, 6.07) is 3.16. The van der Waals surface area contributed by atoms with Gasteiger partial charge in [0.1, 0.15) is 10.8 Å². The van der Waals surface area contributed by atoms with Crippen LogP contribution in [-0.4, -0.2) is 0 Å². The Kier molecular flexibility index (Phi) is 1.58. The van der Waals surface area contributed by atoms with Crippen LogP contribution in [0.2, 0.25) is 5.02 Å². The molecule has 1 rings (SSSR count). The summed E-state index contributed by atoms with van der Waals surface area (Å²) in [5.41, 5.74) is -0.475. The van der Waals surface area contributed by atoms with E-state index in [9.17, 15) is 4.79 Å².